The molecule has 162 valence electrons. The van der Waals surface area contributed by atoms with Crippen LogP contribution in [0.4, 0.5) is 4.39 Å². The third kappa shape index (κ3) is 5.98. The van der Waals surface area contributed by atoms with E-state index in [4.69, 9.17) is 15.6 Å². The highest BCUT2D eigenvalue weighted by Crippen LogP contribution is 2.35. The molecule has 5 N–H and O–H groups in total. The molecule has 31 heavy (non-hydrogen) atoms. The van der Waals surface area contributed by atoms with Crippen LogP contribution in [-0.4, -0.2) is 27.3 Å². The number of carbonyl (C=O) groups is 1. The molecular formula is C22H18FI2NO5. The second kappa shape index (κ2) is 10.0. The molecule has 0 aliphatic rings. The molecule has 6 nitrogen and oxygen atoms in total. The molecule has 9 heteroatoms. The van der Waals surface area contributed by atoms with Crippen molar-refractivity contribution in [3.63, 3.8) is 0 Å². The Morgan fingerprint density at radius 2 is 1.65 bits per heavy atom. The van der Waals surface area contributed by atoms with Gasteiger partial charge in [-0.3, -0.25) is 4.79 Å². The summed E-state index contributed by atoms with van der Waals surface area (Å²) >= 11 is 4.22. The zero-order valence-corrected chi connectivity index (χ0v) is 20.3. The number of rotatable bonds is 7. The minimum absolute atomic E-state index is 0.0447. The van der Waals surface area contributed by atoms with E-state index in [0.29, 0.717) is 22.6 Å². The van der Waals surface area contributed by atoms with E-state index in [1.165, 1.54) is 18.2 Å². The van der Waals surface area contributed by atoms with Crippen LogP contribution in [0.3, 0.4) is 0 Å². The van der Waals surface area contributed by atoms with Crippen LogP contribution in [0, 0.1) is 13.0 Å². The number of phenolic OH excluding ortho intramolecular Hbond substituents is 2. The standard InChI is InChI=1S/C22H18FI2NO5/c23-15-6-11(1-3-20(15)28)5-13-10-14(2-4-19(13)27)31-21-16(24)7-12(8-17(21)25)9-18(26)22(29)30/h1-4,6-8,10,18,27-28H,5,9,26H2,(H,29,30)/t18-/m1/s1. The molecule has 1 atom stereocenters. The number of halogens is 3. The first-order valence-electron chi connectivity index (χ1n) is 9.07. The van der Waals surface area contributed by atoms with Gasteiger partial charge in [0.05, 0.1) is 7.14 Å². The summed E-state index contributed by atoms with van der Waals surface area (Å²) in [7, 11) is 0. The number of hydrogen-bond acceptors (Lipinski definition) is 5. The van der Waals surface area contributed by atoms with Gasteiger partial charge in [-0.15, -0.1) is 0 Å². The summed E-state index contributed by atoms with van der Waals surface area (Å²) in [4.78, 5) is 11.0. The van der Waals surface area contributed by atoms with Crippen LogP contribution < -0.4 is 10.5 Å². The van der Waals surface area contributed by atoms with E-state index >= 15 is 0 Å². The molecule has 0 amide bonds. The molecule has 3 aromatic carbocycles. The molecule has 3 rings (SSSR count). The first kappa shape index (κ1) is 23.5. The van der Waals surface area contributed by atoms with Crippen molar-refractivity contribution < 1.29 is 29.2 Å². The van der Waals surface area contributed by atoms with E-state index < -0.39 is 23.6 Å². The number of hydrogen-bond donors (Lipinski definition) is 4. The maximum Gasteiger partial charge on any atom is 0.320 e. The van der Waals surface area contributed by atoms with Crippen molar-refractivity contribution in [2.24, 2.45) is 5.73 Å². The molecule has 0 fully saturated rings. The van der Waals surface area contributed by atoms with Gasteiger partial charge < -0.3 is 25.8 Å². The zero-order valence-electron chi connectivity index (χ0n) is 16.0. The Bertz CT molecular complexity index is 1120. The average molecular weight is 649 g/mol. The van der Waals surface area contributed by atoms with Crippen LogP contribution in [0.15, 0.2) is 48.5 Å². The summed E-state index contributed by atoms with van der Waals surface area (Å²) in [6, 6.07) is 11.5. The quantitative estimate of drug-likeness (QED) is 0.274. The molecule has 0 aliphatic heterocycles. The summed E-state index contributed by atoms with van der Waals surface area (Å²) in [6.07, 6.45) is 0.453. The van der Waals surface area contributed by atoms with Crippen molar-refractivity contribution in [3.8, 4) is 23.0 Å². The molecule has 0 saturated heterocycles. The lowest BCUT2D eigenvalue weighted by Gasteiger charge is -2.14. The number of nitrogens with two attached hydrogens (primary N) is 1. The lowest BCUT2D eigenvalue weighted by molar-refractivity contribution is -0.138. The predicted octanol–water partition coefficient (Wildman–Crippen LogP) is 4.78. The molecule has 0 unspecified atom stereocenters. The summed E-state index contributed by atoms with van der Waals surface area (Å²) in [5, 5.41) is 28.5. The molecule has 3 aromatic rings. The monoisotopic (exact) mass is 649 g/mol. The van der Waals surface area contributed by atoms with Crippen molar-refractivity contribution >= 4 is 51.2 Å². The molecule has 0 radical (unpaired) electrons. The molecular weight excluding hydrogens is 631 g/mol. The Morgan fingerprint density at radius 3 is 2.26 bits per heavy atom. The number of aliphatic carboxylic acids is 1. The minimum Gasteiger partial charge on any atom is -0.508 e. The highest BCUT2D eigenvalue weighted by atomic mass is 127. The summed E-state index contributed by atoms with van der Waals surface area (Å²) in [5.74, 6) is -1.09. The SMILES string of the molecule is N[C@H](Cc1cc(I)c(Oc2ccc(O)c(Cc3ccc(O)c(F)c3)c2)c(I)c1)C(=O)O. The van der Waals surface area contributed by atoms with E-state index in [1.54, 1.807) is 18.2 Å². The van der Waals surface area contributed by atoms with Crippen LogP contribution in [0.1, 0.15) is 16.7 Å². The Kier molecular flexibility index (Phi) is 7.59. The molecule has 0 bridgehead atoms. The predicted molar refractivity (Wildman–Crippen MR) is 130 cm³/mol. The van der Waals surface area contributed by atoms with Gasteiger partial charge in [-0.2, -0.15) is 0 Å². The van der Waals surface area contributed by atoms with Gasteiger partial charge in [0.25, 0.3) is 0 Å². The Hall–Kier alpha value is -2.12. The van der Waals surface area contributed by atoms with Crippen molar-refractivity contribution in [3.05, 3.63) is 78.2 Å². The Morgan fingerprint density at radius 1 is 1.00 bits per heavy atom. The van der Waals surface area contributed by atoms with Gasteiger partial charge in [0.2, 0.25) is 0 Å². The number of benzene rings is 3. The van der Waals surface area contributed by atoms with Crippen molar-refractivity contribution in [2.45, 2.75) is 18.9 Å². The van der Waals surface area contributed by atoms with Gasteiger partial charge in [-0.1, -0.05) is 6.07 Å². The lowest BCUT2D eigenvalue weighted by Crippen LogP contribution is -2.32. The van der Waals surface area contributed by atoms with Gasteiger partial charge in [-0.05, 0) is 105 Å². The van der Waals surface area contributed by atoms with E-state index in [-0.39, 0.29) is 18.6 Å². The lowest BCUT2D eigenvalue weighted by atomic mass is 10.0. The average Bonchev–Trinajstić information content (AvgIpc) is 2.70. The normalized spacial score (nSPS) is 11.9. The maximum absolute atomic E-state index is 13.6. The van der Waals surface area contributed by atoms with Crippen LogP contribution in [0.5, 0.6) is 23.0 Å². The number of phenols is 2. The molecule has 0 aliphatic carbocycles. The Balaban J connectivity index is 1.83. The highest BCUT2D eigenvalue weighted by molar-refractivity contribution is 14.1. The van der Waals surface area contributed by atoms with Crippen molar-refractivity contribution in [1.29, 1.82) is 0 Å². The zero-order chi connectivity index (χ0) is 22.7. The highest BCUT2D eigenvalue weighted by Gasteiger charge is 2.16. The Labute approximate surface area is 205 Å². The van der Waals surface area contributed by atoms with Gasteiger partial charge in [-0.25, -0.2) is 4.39 Å². The van der Waals surface area contributed by atoms with Gasteiger partial charge in [0.15, 0.2) is 17.3 Å². The largest absolute Gasteiger partial charge is 0.508 e. The number of ether oxygens (including phenoxy) is 1. The fourth-order valence-electron chi connectivity index (χ4n) is 2.93. The first-order valence-corrected chi connectivity index (χ1v) is 11.2. The number of carboxylic acids is 1. The minimum atomic E-state index is -1.06. The summed E-state index contributed by atoms with van der Waals surface area (Å²) < 4.78 is 21.2. The third-order valence-electron chi connectivity index (χ3n) is 4.51. The third-order valence-corrected chi connectivity index (χ3v) is 6.11. The van der Waals surface area contributed by atoms with E-state index in [9.17, 15) is 19.4 Å². The second-order valence-corrected chi connectivity index (χ2v) is 9.22. The number of aromatic hydroxyl groups is 2. The fourth-order valence-corrected chi connectivity index (χ4v) is 5.05. The van der Waals surface area contributed by atoms with Crippen LogP contribution in [-0.2, 0) is 17.6 Å². The molecule has 0 heterocycles. The van der Waals surface area contributed by atoms with Crippen molar-refractivity contribution in [1.82, 2.24) is 0 Å². The topological polar surface area (TPSA) is 113 Å². The molecule has 0 saturated carbocycles. The van der Waals surface area contributed by atoms with E-state index in [2.05, 4.69) is 45.2 Å². The van der Waals surface area contributed by atoms with Crippen LogP contribution >= 0.6 is 45.2 Å². The van der Waals surface area contributed by atoms with Crippen molar-refractivity contribution in [2.75, 3.05) is 0 Å². The van der Waals surface area contributed by atoms with E-state index in [1.807, 2.05) is 12.1 Å². The maximum atomic E-state index is 13.6. The van der Waals surface area contributed by atoms with Crippen LogP contribution in [0.2, 0.25) is 0 Å². The van der Waals surface area contributed by atoms with Gasteiger partial charge >= 0.3 is 5.97 Å². The fraction of sp³-hybridized carbons (Fsp3) is 0.136. The second-order valence-electron chi connectivity index (χ2n) is 6.89. The van der Waals surface area contributed by atoms with Gasteiger partial charge in [0.1, 0.15) is 17.5 Å². The number of carboxylic acid groups (broad SMARTS) is 1. The summed E-state index contributed by atoms with van der Waals surface area (Å²) in [5.41, 5.74) is 7.54. The smallest absolute Gasteiger partial charge is 0.320 e. The van der Waals surface area contributed by atoms with Gasteiger partial charge in [0, 0.05) is 12.0 Å². The van der Waals surface area contributed by atoms with E-state index in [0.717, 1.165) is 12.7 Å². The molecule has 0 spiro atoms. The van der Waals surface area contributed by atoms with Crippen LogP contribution in [0.25, 0.3) is 0 Å². The molecule has 0 aromatic heterocycles. The summed E-state index contributed by atoms with van der Waals surface area (Å²) in [6.45, 7) is 0. The first-order chi connectivity index (χ1) is 14.6.